The first kappa shape index (κ1) is 20.6. The summed E-state index contributed by atoms with van der Waals surface area (Å²) in [7, 11) is 1.94. The normalized spacial score (nSPS) is 33.0. The van der Waals surface area contributed by atoms with Crippen LogP contribution in [-0.4, -0.2) is 34.5 Å². The predicted molar refractivity (Wildman–Crippen MR) is 91.4 cm³/mol. The zero-order chi connectivity index (χ0) is 15.6. The van der Waals surface area contributed by atoms with Gasteiger partial charge >= 0.3 is 0 Å². The molecular weight excluding hydrogens is 262 g/mol. The van der Waals surface area contributed by atoms with Crippen LogP contribution >= 0.6 is 0 Å². The second-order valence-electron chi connectivity index (χ2n) is 6.77. The molecule has 0 spiro atoms. The van der Waals surface area contributed by atoms with Gasteiger partial charge in [0.05, 0.1) is 11.7 Å². The second-order valence-corrected chi connectivity index (χ2v) is 6.77. The van der Waals surface area contributed by atoms with E-state index in [4.69, 9.17) is 0 Å². The average molecular weight is 299 g/mol. The van der Waals surface area contributed by atoms with Crippen LogP contribution in [0.2, 0.25) is 0 Å². The Labute approximate surface area is 131 Å². The SMILES string of the molecule is C.CC.CNC1(C(O)C2CC2C(C)(C)O)CC=C(C)CC1. The Morgan fingerprint density at radius 2 is 1.95 bits per heavy atom. The monoisotopic (exact) mass is 299 g/mol. The molecule has 2 rings (SSSR count). The maximum Gasteiger partial charge on any atom is 0.0756 e. The van der Waals surface area contributed by atoms with Gasteiger partial charge in [0.25, 0.3) is 0 Å². The summed E-state index contributed by atoms with van der Waals surface area (Å²) >= 11 is 0. The van der Waals surface area contributed by atoms with Gasteiger partial charge in [-0.1, -0.05) is 32.9 Å². The highest BCUT2D eigenvalue weighted by Crippen LogP contribution is 2.51. The molecule has 126 valence electrons. The molecule has 21 heavy (non-hydrogen) atoms. The van der Waals surface area contributed by atoms with Gasteiger partial charge in [-0.05, 0) is 65.3 Å². The minimum absolute atomic E-state index is 0. The molecule has 0 aliphatic heterocycles. The molecule has 3 N–H and O–H groups in total. The fourth-order valence-electron chi connectivity index (χ4n) is 3.41. The van der Waals surface area contributed by atoms with Crippen LogP contribution in [0, 0.1) is 11.8 Å². The third kappa shape index (κ3) is 4.54. The topological polar surface area (TPSA) is 52.5 Å². The Hall–Kier alpha value is -0.380. The summed E-state index contributed by atoms with van der Waals surface area (Å²) in [5.74, 6) is 0.481. The van der Waals surface area contributed by atoms with Crippen molar-refractivity contribution in [1.82, 2.24) is 5.32 Å². The lowest BCUT2D eigenvalue weighted by atomic mass is 9.76. The van der Waals surface area contributed by atoms with Crippen molar-refractivity contribution in [2.45, 2.75) is 85.0 Å². The van der Waals surface area contributed by atoms with E-state index in [1.165, 1.54) is 5.57 Å². The van der Waals surface area contributed by atoms with E-state index in [1.807, 2.05) is 34.7 Å². The van der Waals surface area contributed by atoms with Crippen molar-refractivity contribution in [2.75, 3.05) is 7.05 Å². The lowest BCUT2D eigenvalue weighted by molar-refractivity contribution is 0.00355. The second kappa shape index (κ2) is 7.75. The predicted octanol–water partition coefficient (Wildman–Crippen LogP) is 3.51. The number of nitrogens with one attached hydrogen (secondary N) is 1. The minimum atomic E-state index is -0.666. The van der Waals surface area contributed by atoms with Crippen LogP contribution in [0.25, 0.3) is 0 Å². The summed E-state index contributed by atoms with van der Waals surface area (Å²) in [5.41, 5.74) is 0.563. The Morgan fingerprint density at radius 3 is 2.29 bits per heavy atom. The van der Waals surface area contributed by atoms with Gasteiger partial charge < -0.3 is 15.5 Å². The van der Waals surface area contributed by atoms with Crippen molar-refractivity contribution in [3.63, 3.8) is 0 Å². The third-order valence-corrected chi connectivity index (χ3v) is 5.00. The lowest BCUT2D eigenvalue weighted by Crippen LogP contribution is -2.55. The molecule has 2 aliphatic rings. The standard InChI is InChI=1S/C15H27NO2.C2H6.CH4/c1-10-5-7-15(16-4,8-6-10)13(17)11-9-12(11)14(2,3)18;1-2;/h5,11-13,16-18H,6-9H2,1-4H3;1-2H3;1H4. The zero-order valence-electron chi connectivity index (χ0n) is 14.0. The molecule has 0 bridgehead atoms. The molecule has 1 fully saturated rings. The van der Waals surface area contributed by atoms with Crippen molar-refractivity contribution in [2.24, 2.45) is 11.8 Å². The molecule has 1 saturated carbocycles. The molecule has 4 atom stereocenters. The number of hydrogen-bond donors (Lipinski definition) is 3. The first-order valence-electron chi connectivity index (χ1n) is 8.05. The molecule has 2 aliphatic carbocycles. The summed E-state index contributed by atoms with van der Waals surface area (Å²) in [6, 6.07) is 0. The van der Waals surface area contributed by atoms with E-state index in [-0.39, 0.29) is 30.9 Å². The van der Waals surface area contributed by atoms with Crippen LogP contribution in [-0.2, 0) is 0 Å². The van der Waals surface area contributed by atoms with E-state index >= 15 is 0 Å². The number of allylic oxidation sites excluding steroid dienone is 1. The quantitative estimate of drug-likeness (QED) is 0.696. The summed E-state index contributed by atoms with van der Waals surface area (Å²) in [6.07, 6.45) is 5.76. The molecule has 0 radical (unpaired) electrons. The number of aliphatic hydroxyl groups is 2. The molecule has 4 unspecified atom stereocenters. The molecule has 3 nitrogen and oxygen atoms in total. The fourth-order valence-corrected chi connectivity index (χ4v) is 3.41. The van der Waals surface area contributed by atoms with Gasteiger partial charge in [0.1, 0.15) is 0 Å². The lowest BCUT2D eigenvalue weighted by Gasteiger charge is -2.41. The number of rotatable bonds is 4. The number of hydrogen-bond acceptors (Lipinski definition) is 3. The summed E-state index contributed by atoms with van der Waals surface area (Å²) < 4.78 is 0. The highest BCUT2D eigenvalue weighted by atomic mass is 16.3. The Bertz CT molecular complexity index is 346. The fraction of sp³-hybridized carbons (Fsp3) is 0.889. The van der Waals surface area contributed by atoms with Gasteiger partial charge in [0, 0.05) is 5.54 Å². The third-order valence-electron chi connectivity index (χ3n) is 5.00. The molecule has 0 aromatic heterocycles. The Balaban J connectivity index is 0.00000128. The molecule has 0 amide bonds. The van der Waals surface area contributed by atoms with Gasteiger partial charge in [-0.25, -0.2) is 0 Å². The van der Waals surface area contributed by atoms with E-state index < -0.39 is 5.60 Å². The first-order chi connectivity index (χ1) is 9.30. The van der Waals surface area contributed by atoms with Gasteiger partial charge in [0.2, 0.25) is 0 Å². The van der Waals surface area contributed by atoms with Crippen LogP contribution in [0.5, 0.6) is 0 Å². The smallest absolute Gasteiger partial charge is 0.0756 e. The van der Waals surface area contributed by atoms with E-state index in [0.29, 0.717) is 0 Å². The van der Waals surface area contributed by atoms with E-state index in [1.54, 1.807) is 0 Å². The number of aliphatic hydroxyl groups excluding tert-OH is 1. The summed E-state index contributed by atoms with van der Waals surface area (Å²) in [5, 5.41) is 24.1. The van der Waals surface area contributed by atoms with Crippen molar-refractivity contribution in [3.05, 3.63) is 11.6 Å². The van der Waals surface area contributed by atoms with Gasteiger partial charge in [-0.2, -0.15) is 0 Å². The Morgan fingerprint density at radius 1 is 1.38 bits per heavy atom. The van der Waals surface area contributed by atoms with Crippen LogP contribution in [0.1, 0.15) is 67.7 Å². The van der Waals surface area contributed by atoms with Crippen LogP contribution in [0.4, 0.5) is 0 Å². The molecule has 0 heterocycles. The van der Waals surface area contributed by atoms with Crippen molar-refractivity contribution in [3.8, 4) is 0 Å². The zero-order valence-corrected chi connectivity index (χ0v) is 14.0. The number of likely N-dealkylation sites (N-methyl/N-ethyl adjacent to an activating group) is 1. The summed E-state index contributed by atoms with van der Waals surface area (Å²) in [6.45, 7) is 9.85. The van der Waals surface area contributed by atoms with E-state index in [9.17, 15) is 10.2 Å². The van der Waals surface area contributed by atoms with Crippen LogP contribution < -0.4 is 5.32 Å². The van der Waals surface area contributed by atoms with Crippen molar-refractivity contribution in [1.29, 1.82) is 0 Å². The average Bonchev–Trinajstić information content (AvgIpc) is 3.22. The molecule has 0 aromatic carbocycles. The molecule has 0 aromatic rings. The maximum atomic E-state index is 10.7. The van der Waals surface area contributed by atoms with Crippen molar-refractivity contribution < 1.29 is 10.2 Å². The highest BCUT2D eigenvalue weighted by molar-refractivity contribution is 5.16. The highest BCUT2D eigenvalue weighted by Gasteiger charge is 2.55. The minimum Gasteiger partial charge on any atom is -0.391 e. The Kier molecular flexibility index (Phi) is 7.61. The van der Waals surface area contributed by atoms with Crippen LogP contribution in [0.15, 0.2) is 11.6 Å². The molecule has 3 heteroatoms. The summed E-state index contributed by atoms with van der Waals surface area (Å²) in [4.78, 5) is 0. The van der Waals surface area contributed by atoms with Gasteiger partial charge in [0.15, 0.2) is 0 Å². The van der Waals surface area contributed by atoms with Crippen LogP contribution in [0.3, 0.4) is 0 Å². The largest absolute Gasteiger partial charge is 0.391 e. The molecular formula is C18H37NO2. The van der Waals surface area contributed by atoms with E-state index in [0.717, 1.165) is 25.7 Å². The van der Waals surface area contributed by atoms with Gasteiger partial charge in [-0.3, -0.25) is 0 Å². The maximum absolute atomic E-state index is 10.7. The first-order valence-corrected chi connectivity index (χ1v) is 8.05. The molecule has 0 saturated heterocycles. The van der Waals surface area contributed by atoms with Gasteiger partial charge in [-0.15, -0.1) is 0 Å². The van der Waals surface area contributed by atoms with E-state index in [2.05, 4.69) is 18.3 Å². The van der Waals surface area contributed by atoms with Crippen molar-refractivity contribution >= 4 is 0 Å².